The summed E-state index contributed by atoms with van der Waals surface area (Å²) in [7, 11) is 0. The van der Waals surface area contributed by atoms with Crippen LogP contribution in [0.15, 0.2) is 24.3 Å². The van der Waals surface area contributed by atoms with Crippen LogP contribution in [0.1, 0.15) is 10.4 Å². The number of rotatable bonds is 4. The highest BCUT2D eigenvalue weighted by atomic mass is 16.5. The number of hydrogen-bond donors (Lipinski definition) is 4. The Kier molecular flexibility index (Phi) is 3.90. The van der Waals surface area contributed by atoms with E-state index in [9.17, 15) is 4.79 Å². The minimum Gasteiger partial charge on any atom is -0.384 e. The third kappa shape index (κ3) is 2.72. The smallest absolute Gasteiger partial charge is 0.274 e. The van der Waals surface area contributed by atoms with E-state index in [1.165, 1.54) is 0 Å². The Bertz CT molecular complexity index is 297. The first-order chi connectivity index (χ1) is 6.77. The summed E-state index contributed by atoms with van der Waals surface area (Å²) < 4.78 is 0. The van der Waals surface area contributed by atoms with Gasteiger partial charge in [-0.1, -0.05) is 0 Å². The standard InChI is InChI=1S/C9H13N3O2/c10-5-6-11-8-3-1-7(2-4-8)9(13)12-14/h1-4,11,14H,5-6,10H2,(H,12,13). The van der Waals surface area contributed by atoms with Crippen LogP contribution < -0.4 is 16.5 Å². The second-order valence-corrected chi connectivity index (χ2v) is 2.73. The topological polar surface area (TPSA) is 87.4 Å². The number of hydroxylamine groups is 1. The van der Waals surface area contributed by atoms with Gasteiger partial charge in [0.1, 0.15) is 0 Å². The molecule has 0 radical (unpaired) electrons. The summed E-state index contributed by atoms with van der Waals surface area (Å²) in [4.78, 5) is 10.9. The lowest BCUT2D eigenvalue weighted by molar-refractivity contribution is 0.0706. The molecule has 0 bridgehead atoms. The van der Waals surface area contributed by atoms with Crippen molar-refractivity contribution in [2.45, 2.75) is 0 Å². The van der Waals surface area contributed by atoms with Gasteiger partial charge in [-0.2, -0.15) is 0 Å². The van der Waals surface area contributed by atoms with Gasteiger partial charge in [-0.3, -0.25) is 10.0 Å². The number of carbonyl (C=O) groups is 1. The molecule has 5 nitrogen and oxygen atoms in total. The predicted octanol–water partition coefficient (Wildman–Crippen LogP) is 0.176. The van der Waals surface area contributed by atoms with E-state index in [1.54, 1.807) is 29.7 Å². The Morgan fingerprint density at radius 1 is 1.36 bits per heavy atom. The van der Waals surface area contributed by atoms with Crippen molar-refractivity contribution < 1.29 is 10.0 Å². The second-order valence-electron chi connectivity index (χ2n) is 2.73. The molecule has 0 aromatic heterocycles. The Labute approximate surface area is 81.9 Å². The van der Waals surface area contributed by atoms with Gasteiger partial charge < -0.3 is 11.1 Å². The first kappa shape index (κ1) is 10.5. The molecule has 0 spiro atoms. The maximum absolute atomic E-state index is 10.9. The summed E-state index contributed by atoms with van der Waals surface area (Å²) in [6.07, 6.45) is 0. The molecule has 1 amide bonds. The lowest BCUT2D eigenvalue weighted by atomic mass is 10.2. The monoisotopic (exact) mass is 195 g/mol. The summed E-state index contributed by atoms with van der Waals surface area (Å²) in [5.41, 5.74) is 8.18. The van der Waals surface area contributed by atoms with Gasteiger partial charge >= 0.3 is 0 Å². The average Bonchev–Trinajstić information content (AvgIpc) is 2.26. The number of benzene rings is 1. The summed E-state index contributed by atoms with van der Waals surface area (Å²) >= 11 is 0. The molecule has 1 rings (SSSR count). The van der Waals surface area contributed by atoms with E-state index in [0.29, 0.717) is 18.7 Å². The van der Waals surface area contributed by atoms with Crippen LogP contribution in [0.3, 0.4) is 0 Å². The highest BCUT2D eigenvalue weighted by molar-refractivity contribution is 5.93. The maximum atomic E-state index is 10.9. The van der Waals surface area contributed by atoms with Crippen LogP contribution in [0.5, 0.6) is 0 Å². The molecular weight excluding hydrogens is 182 g/mol. The van der Waals surface area contributed by atoms with Gasteiger partial charge in [0.2, 0.25) is 0 Å². The van der Waals surface area contributed by atoms with E-state index in [1.807, 2.05) is 0 Å². The molecule has 0 heterocycles. The second kappa shape index (κ2) is 5.21. The summed E-state index contributed by atoms with van der Waals surface area (Å²) in [5, 5.41) is 11.4. The fourth-order valence-electron chi connectivity index (χ4n) is 1.02. The van der Waals surface area contributed by atoms with E-state index in [4.69, 9.17) is 10.9 Å². The van der Waals surface area contributed by atoms with Gasteiger partial charge in [-0.25, -0.2) is 5.48 Å². The van der Waals surface area contributed by atoms with Crippen LogP contribution in [-0.4, -0.2) is 24.2 Å². The predicted molar refractivity (Wildman–Crippen MR) is 53.2 cm³/mol. The molecule has 5 N–H and O–H groups in total. The number of carbonyl (C=O) groups excluding carboxylic acids is 1. The number of anilines is 1. The van der Waals surface area contributed by atoms with Crippen molar-refractivity contribution in [1.82, 2.24) is 5.48 Å². The van der Waals surface area contributed by atoms with Crippen molar-refractivity contribution >= 4 is 11.6 Å². The Hall–Kier alpha value is -1.59. The van der Waals surface area contributed by atoms with Gasteiger partial charge in [0, 0.05) is 24.3 Å². The molecule has 0 unspecified atom stereocenters. The SMILES string of the molecule is NCCNc1ccc(C(=O)NO)cc1. The van der Waals surface area contributed by atoms with Gasteiger partial charge in [0.15, 0.2) is 0 Å². The molecule has 0 atom stereocenters. The summed E-state index contributed by atoms with van der Waals surface area (Å²) in [6.45, 7) is 1.24. The van der Waals surface area contributed by atoms with Crippen molar-refractivity contribution in [2.24, 2.45) is 5.73 Å². The molecule has 5 heteroatoms. The van der Waals surface area contributed by atoms with Gasteiger partial charge in [0.25, 0.3) is 5.91 Å². The van der Waals surface area contributed by atoms with Crippen molar-refractivity contribution in [3.8, 4) is 0 Å². The van der Waals surface area contributed by atoms with E-state index in [0.717, 1.165) is 5.69 Å². The molecule has 0 saturated carbocycles. The zero-order chi connectivity index (χ0) is 10.4. The molecule has 14 heavy (non-hydrogen) atoms. The molecule has 0 aliphatic heterocycles. The highest BCUT2D eigenvalue weighted by Gasteiger charge is 2.02. The van der Waals surface area contributed by atoms with E-state index in [-0.39, 0.29) is 0 Å². The molecule has 1 aromatic rings. The highest BCUT2D eigenvalue weighted by Crippen LogP contribution is 2.08. The average molecular weight is 195 g/mol. The number of amides is 1. The van der Waals surface area contributed by atoms with Crippen LogP contribution in [-0.2, 0) is 0 Å². The molecule has 0 saturated heterocycles. The molecule has 76 valence electrons. The fourth-order valence-corrected chi connectivity index (χ4v) is 1.02. The van der Waals surface area contributed by atoms with Crippen LogP contribution in [0.2, 0.25) is 0 Å². The number of nitrogens with two attached hydrogens (primary N) is 1. The Morgan fingerprint density at radius 3 is 2.50 bits per heavy atom. The molecule has 0 aliphatic rings. The van der Waals surface area contributed by atoms with E-state index < -0.39 is 5.91 Å². The first-order valence-corrected chi connectivity index (χ1v) is 4.26. The van der Waals surface area contributed by atoms with Crippen LogP contribution in [0.25, 0.3) is 0 Å². The first-order valence-electron chi connectivity index (χ1n) is 4.26. The Balaban J connectivity index is 2.63. The zero-order valence-electron chi connectivity index (χ0n) is 7.66. The minimum absolute atomic E-state index is 0.408. The van der Waals surface area contributed by atoms with Crippen molar-refractivity contribution in [3.05, 3.63) is 29.8 Å². The lowest BCUT2D eigenvalue weighted by Crippen LogP contribution is -2.18. The van der Waals surface area contributed by atoms with Gasteiger partial charge in [-0.15, -0.1) is 0 Å². The largest absolute Gasteiger partial charge is 0.384 e. The van der Waals surface area contributed by atoms with Crippen LogP contribution in [0, 0.1) is 0 Å². The molecular formula is C9H13N3O2. The number of nitrogens with one attached hydrogen (secondary N) is 2. The molecule has 0 fully saturated rings. The maximum Gasteiger partial charge on any atom is 0.274 e. The van der Waals surface area contributed by atoms with E-state index in [2.05, 4.69) is 5.32 Å². The quantitative estimate of drug-likeness (QED) is 0.407. The Morgan fingerprint density at radius 2 is 2.00 bits per heavy atom. The lowest BCUT2D eigenvalue weighted by Gasteiger charge is -2.04. The van der Waals surface area contributed by atoms with Crippen molar-refractivity contribution in [2.75, 3.05) is 18.4 Å². The third-order valence-corrected chi connectivity index (χ3v) is 1.72. The fraction of sp³-hybridized carbons (Fsp3) is 0.222. The van der Waals surface area contributed by atoms with E-state index >= 15 is 0 Å². The minimum atomic E-state index is -0.518. The normalized spacial score (nSPS) is 9.57. The van der Waals surface area contributed by atoms with Crippen molar-refractivity contribution in [1.29, 1.82) is 0 Å². The molecule has 0 aliphatic carbocycles. The van der Waals surface area contributed by atoms with Gasteiger partial charge in [-0.05, 0) is 24.3 Å². The van der Waals surface area contributed by atoms with Gasteiger partial charge in [0.05, 0.1) is 0 Å². The summed E-state index contributed by atoms with van der Waals surface area (Å²) in [6, 6.07) is 6.73. The number of hydrogen-bond acceptors (Lipinski definition) is 4. The van der Waals surface area contributed by atoms with Crippen LogP contribution in [0.4, 0.5) is 5.69 Å². The molecule has 1 aromatic carbocycles. The zero-order valence-corrected chi connectivity index (χ0v) is 7.66. The third-order valence-electron chi connectivity index (χ3n) is 1.72. The summed E-state index contributed by atoms with van der Waals surface area (Å²) in [5.74, 6) is -0.518. The van der Waals surface area contributed by atoms with Crippen LogP contribution >= 0.6 is 0 Å². The van der Waals surface area contributed by atoms with Crippen molar-refractivity contribution in [3.63, 3.8) is 0 Å².